The second-order valence-electron chi connectivity index (χ2n) is 5.93. The first kappa shape index (κ1) is 15.9. The van der Waals surface area contributed by atoms with Gasteiger partial charge in [-0.05, 0) is 48.9 Å². The molecule has 0 saturated carbocycles. The molecule has 0 bridgehead atoms. The van der Waals surface area contributed by atoms with Crippen LogP contribution in [0.25, 0.3) is 0 Å². The third kappa shape index (κ3) is 3.34. The number of hydrogen-bond acceptors (Lipinski definition) is 4. The summed E-state index contributed by atoms with van der Waals surface area (Å²) in [5, 5.41) is 2.94. The van der Waals surface area contributed by atoms with Gasteiger partial charge in [0.05, 0.1) is 24.8 Å². The Morgan fingerprint density at radius 2 is 2.09 bits per heavy atom. The zero-order chi connectivity index (χ0) is 16.4. The SMILES string of the molecule is COc1ccc(NC(=O)c2cc3c(s2)CC[C@@H](C)C3)c(OC)c1. The highest BCUT2D eigenvalue weighted by atomic mass is 32.1. The number of ether oxygens (including phenoxy) is 2. The van der Waals surface area contributed by atoms with Gasteiger partial charge in [0, 0.05) is 10.9 Å². The summed E-state index contributed by atoms with van der Waals surface area (Å²) in [6.45, 7) is 2.27. The number of thiophene rings is 1. The van der Waals surface area contributed by atoms with Gasteiger partial charge in [-0.3, -0.25) is 4.79 Å². The van der Waals surface area contributed by atoms with Gasteiger partial charge in [0.1, 0.15) is 11.5 Å². The van der Waals surface area contributed by atoms with Crippen LogP contribution >= 0.6 is 11.3 Å². The number of benzene rings is 1. The largest absolute Gasteiger partial charge is 0.497 e. The van der Waals surface area contributed by atoms with Crippen LogP contribution in [0.15, 0.2) is 24.3 Å². The van der Waals surface area contributed by atoms with Crippen molar-refractivity contribution < 1.29 is 14.3 Å². The summed E-state index contributed by atoms with van der Waals surface area (Å²) in [7, 11) is 3.18. The monoisotopic (exact) mass is 331 g/mol. The van der Waals surface area contributed by atoms with Crippen LogP contribution in [0.2, 0.25) is 0 Å². The second kappa shape index (κ2) is 6.62. The van der Waals surface area contributed by atoms with Crippen molar-refractivity contribution in [2.45, 2.75) is 26.2 Å². The first-order chi connectivity index (χ1) is 11.1. The molecule has 0 fully saturated rings. The van der Waals surface area contributed by atoms with Gasteiger partial charge in [-0.1, -0.05) is 6.92 Å². The molecule has 1 aliphatic carbocycles. The maximum atomic E-state index is 12.5. The summed E-state index contributed by atoms with van der Waals surface area (Å²) in [6, 6.07) is 7.40. The van der Waals surface area contributed by atoms with Gasteiger partial charge in [-0.15, -0.1) is 11.3 Å². The van der Waals surface area contributed by atoms with E-state index in [1.807, 2.05) is 6.07 Å². The summed E-state index contributed by atoms with van der Waals surface area (Å²) in [5.41, 5.74) is 1.98. The summed E-state index contributed by atoms with van der Waals surface area (Å²) >= 11 is 1.61. The number of aryl methyl sites for hydroxylation is 1. The smallest absolute Gasteiger partial charge is 0.265 e. The Morgan fingerprint density at radius 3 is 2.83 bits per heavy atom. The number of methoxy groups -OCH3 is 2. The lowest BCUT2D eigenvalue weighted by Crippen LogP contribution is -2.11. The Bertz CT molecular complexity index is 723. The van der Waals surface area contributed by atoms with E-state index in [0.29, 0.717) is 23.1 Å². The maximum absolute atomic E-state index is 12.5. The Morgan fingerprint density at radius 1 is 1.26 bits per heavy atom. The molecule has 1 N–H and O–H groups in total. The normalized spacial score (nSPS) is 16.6. The quantitative estimate of drug-likeness (QED) is 0.916. The van der Waals surface area contributed by atoms with Crippen LogP contribution in [0.5, 0.6) is 11.5 Å². The summed E-state index contributed by atoms with van der Waals surface area (Å²) < 4.78 is 10.5. The maximum Gasteiger partial charge on any atom is 0.265 e. The van der Waals surface area contributed by atoms with Crippen molar-refractivity contribution in [3.8, 4) is 11.5 Å². The van der Waals surface area contributed by atoms with Crippen molar-refractivity contribution in [2.75, 3.05) is 19.5 Å². The lowest BCUT2D eigenvalue weighted by atomic mass is 9.90. The molecule has 0 radical (unpaired) electrons. The first-order valence-electron chi connectivity index (χ1n) is 7.75. The summed E-state index contributed by atoms with van der Waals surface area (Å²) in [6.07, 6.45) is 3.37. The Labute approximate surface area is 140 Å². The highest BCUT2D eigenvalue weighted by Gasteiger charge is 2.21. The van der Waals surface area contributed by atoms with Crippen molar-refractivity contribution in [1.82, 2.24) is 0 Å². The molecule has 1 aromatic carbocycles. The first-order valence-corrected chi connectivity index (χ1v) is 8.57. The molecule has 0 unspecified atom stereocenters. The van der Waals surface area contributed by atoms with Gasteiger partial charge in [-0.2, -0.15) is 0 Å². The number of rotatable bonds is 4. The van der Waals surface area contributed by atoms with Crippen LogP contribution in [-0.4, -0.2) is 20.1 Å². The van der Waals surface area contributed by atoms with Gasteiger partial charge in [0.25, 0.3) is 5.91 Å². The molecule has 4 nitrogen and oxygen atoms in total. The lowest BCUT2D eigenvalue weighted by molar-refractivity contribution is 0.103. The molecule has 5 heteroatoms. The molecule has 3 rings (SSSR count). The molecule has 122 valence electrons. The fourth-order valence-corrected chi connectivity index (χ4v) is 4.01. The minimum atomic E-state index is -0.0829. The van der Waals surface area contributed by atoms with E-state index in [9.17, 15) is 4.79 Å². The predicted molar refractivity (Wildman–Crippen MR) is 93.0 cm³/mol. The molecule has 1 aliphatic rings. The van der Waals surface area contributed by atoms with Crippen molar-refractivity contribution in [3.05, 3.63) is 39.6 Å². The molecule has 1 heterocycles. The topological polar surface area (TPSA) is 47.6 Å². The number of carbonyl (C=O) groups excluding carboxylic acids is 1. The van der Waals surface area contributed by atoms with E-state index >= 15 is 0 Å². The zero-order valence-corrected chi connectivity index (χ0v) is 14.5. The minimum absolute atomic E-state index is 0.0829. The number of anilines is 1. The van der Waals surface area contributed by atoms with Crippen LogP contribution in [0, 0.1) is 5.92 Å². The van der Waals surface area contributed by atoms with E-state index in [1.54, 1.807) is 43.8 Å². The molecule has 0 aliphatic heterocycles. The minimum Gasteiger partial charge on any atom is -0.497 e. The molecule has 1 atom stereocenters. The van der Waals surface area contributed by atoms with E-state index in [0.717, 1.165) is 17.7 Å². The molecule has 0 saturated heterocycles. The van der Waals surface area contributed by atoms with Gasteiger partial charge < -0.3 is 14.8 Å². The van der Waals surface area contributed by atoms with Crippen molar-refractivity contribution >= 4 is 22.9 Å². The average molecular weight is 331 g/mol. The van der Waals surface area contributed by atoms with Gasteiger partial charge in [-0.25, -0.2) is 0 Å². The number of hydrogen-bond donors (Lipinski definition) is 1. The molecule has 1 amide bonds. The molecule has 0 spiro atoms. The Balaban J connectivity index is 1.80. The van der Waals surface area contributed by atoms with Gasteiger partial charge in [0.2, 0.25) is 0 Å². The van der Waals surface area contributed by atoms with E-state index < -0.39 is 0 Å². The number of nitrogens with one attached hydrogen (secondary N) is 1. The van der Waals surface area contributed by atoms with Crippen LogP contribution in [0.4, 0.5) is 5.69 Å². The second-order valence-corrected chi connectivity index (χ2v) is 7.06. The van der Waals surface area contributed by atoms with Crippen molar-refractivity contribution in [1.29, 1.82) is 0 Å². The van der Waals surface area contributed by atoms with Gasteiger partial charge >= 0.3 is 0 Å². The third-order valence-electron chi connectivity index (χ3n) is 4.21. The molecule has 2 aromatic rings. The van der Waals surface area contributed by atoms with E-state index in [-0.39, 0.29) is 5.91 Å². The lowest BCUT2D eigenvalue weighted by Gasteiger charge is -2.16. The number of amides is 1. The van der Waals surface area contributed by atoms with Crippen molar-refractivity contribution in [3.63, 3.8) is 0 Å². The third-order valence-corrected chi connectivity index (χ3v) is 5.45. The average Bonchev–Trinajstić information content (AvgIpc) is 2.98. The van der Waals surface area contributed by atoms with Crippen LogP contribution in [0.3, 0.4) is 0 Å². The zero-order valence-electron chi connectivity index (χ0n) is 13.6. The van der Waals surface area contributed by atoms with Crippen LogP contribution in [0.1, 0.15) is 33.5 Å². The number of fused-ring (bicyclic) bond motifs is 1. The summed E-state index contributed by atoms with van der Waals surface area (Å²) in [4.78, 5) is 14.7. The number of carbonyl (C=O) groups is 1. The summed E-state index contributed by atoms with van der Waals surface area (Å²) in [5.74, 6) is 1.91. The van der Waals surface area contributed by atoms with Crippen LogP contribution in [-0.2, 0) is 12.8 Å². The molecular weight excluding hydrogens is 310 g/mol. The van der Waals surface area contributed by atoms with E-state index in [1.165, 1.54) is 16.9 Å². The Kier molecular flexibility index (Phi) is 4.57. The standard InChI is InChI=1S/C18H21NO3S/c1-11-4-7-16-12(8-11)9-17(23-16)18(20)19-14-6-5-13(21-2)10-15(14)22-3/h5-6,9-11H,4,7-8H2,1-3H3,(H,19,20)/t11-/m1/s1. The van der Waals surface area contributed by atoms with Crippen molar-refractivity contribution in [2.24, 2.45) is 5.92 Å². The molecule has 23 heavy (non-hydrogen) atoms. The predicted octanol–water partition coefficient (Wildman–Crippen LogP) is 4.14. The fourth-order valence-electron chi connectivity index (χ4n) is 2.90. The molecule has 1 aromatic heterocycles. The highest BCUT2D eigenvalue weighted by Crippen LogP contribution is 2.34. The van der Waals surface area contributed by atoms with Crippen LogP contribution < -0.4 is 14.8 Å². The fraction of sp³-hybridized carbons (Fsp3) is 0.389. The highest BCUT2D eigenvalue weighted by molar-refractivity contribution is 7.14. The van der Waals surface area contributed by atoms with Gasteiger partial charge in [0.15, 0.2) is 0 Å². The Hall–Kier alpha value is -2.01. The molecular formula is C18H21NO3S. The van der Waals surface area contributed by atoms with E-state index in [2.05, 4.69) is 12.2 Å². The van der Waals surface area contributed by atoms with E-state index in [4.69, 9.17) is 9.47 Å².